The van der Waals surface area contributed by atoms with Gasteiger partial charge in [-0.05, 0) is 31.0 Å². The van der Waals surface area contributed by atoms with Crippen molar-refractivity contribution >= 4 is 22.6 Å². The normalized spacial score (nSPS) is 14.7. The summed E-state index contributed by atoms with van der Waals surface area (Å²) >= 11 is 0. The van der Waals surface area contributed by atoms with E-state index in [2.05, 4.69) is 36.4 Å². The van der Waals surface area contributed by atoms with E-state index in [1.54, 1.807) is 12.4 Å². The van der Waals surface area contributed by atoms with E-state index in [1.165, 1.54) is 0 Å². The van der Waals surface area contributed by atoms with E-state index >= 15 is 0 Å². The Kier molecular flexibility index (Phi) is 4.85. The molecule has 0 radical (unpaired) electrons. The lowest BCUT2D eigenvalue weighted by atomic mass is 10.0. The zero-order valence-corrected chi connectivity index (χ0v) is 16.5. The number of rotatable bonds is 4. The Hall–Kier alpha value is -3.74. The molecule has 1 saturated heterocycles. The van der Waals surface area contributed by atoms with Gasteiger partial charge >= 0.3 is 0 Å². The molecule has 2 N–H and O–H groups in total. The fourth-order valence-corrected chi connectivity index (χ4v) is 3.94. The number of nitrogens with zero attached hydrogens (tertiary/aromatic N) is 4. The van der Waals surface area contributed by atoms with Crippen LogP contribution in [0.1, 0.15) is 23.3 Å². The van der Waals surface area contributed by atoms with Gasteiger partial charge < -0.3 is 10.2 Å². The number of carbonyl (C=O) groups excluding carboxylic acids is 1. The Morgan fingerprint density at radius 2 is 1.77 bits per heavy atom. The van der Waals surface area contributed by atoms with Gasteiger partial charge in [-0.3, -0.25) is 9.89 Å². The second kappa shape index (κ2) is 7.94. The largest absolute Gasteiger partial charge is 0.356 e. The lowest BCUT2D eigenvalue weighted by Crippen LogP contribution is -2.45. The summed E-state index contributed by atoms with van der Waals surface area (Å²) in [6, 6.07) is 19.8. The number of fused-ring (bicyclic) bond motifs is 1. The molecule has 4 aromatic rings. The number of nitrogens with one attached hydrogen (secondary N) is 2. The van der Waals surface area contributed by atoms with E-state index in [0.717, 1.165) is 53.9 Å². The summed E-state index contributed by atoms with van der Waals surface area (Å²) in [6.45, 7) is 1.67. The first-order valence-corrected chi connectivity index (χ1v) is 10.1. The van der Waals surface area contributed by atoms with Gasteiger partial charge in [-0.2, -0.15) is 5.10 Å². The summed E-state index contributed by atoms with van der Waals surface area (Å²) in [5.41, 5.74) is 3.19. The van der Waals surface area contributed by atoms with Gasteiger partial charge in [0, 0.05) is 30.1 Å². The van der Waals surface area contributed by atoms with E-state index in [4.69, 9.17) is 0 Å². The fraction of sp³-hybridized carbons (Fsp3) is 0.217. The molecule has 1 amide bonds. The highest BCUT2D eigenvalue weighted by molar-refractivity contribution is 5.93. The first kappa shape index (κ1) is 18.3. The molecule has 1 aliphatic rings. The SMILES string of the molecule is O=C(NC1CCN(c2ncnc3ccccc23)CC1)c1cc(-c2ccccc2)n[nH]1. The lowest BCUT2D eigenvalue weighted by molar-refractivity contribution is 0.0926. The maximum absolute atomic E-state index is 12.7. The first-order valence-electron chi connectivity index (χ1n) is 10.1. The molecule has 1 aliphatic heterocycles. The molecule has 0 spiro atoms. The molecule has 30 heavy (non-hydrogen) atoms. The standard InChI is InChI=1S/C23H22N6O/c30-23(21-14-20(27-28-21)16-6-2-1-3-7-16)26-17-10-12-29(13-11-17)22-18-8-4-5-9-19(18)24-15-25-22/h1-9,14-15,17H,10-13H2,(H,26,30)(H,27,28). The van der Waals surface area contributed by atoms with Crippen LogP contribution in [0.4, 0.5) is 5.82 Å². The predicted molar refractivity (Wildman–Crippen MR) is 116 cm³/mol. The zero-order chi connectivity index (χ0) is 20.3. The van der Waals surface area contributed by atoms with E-state index in [0.29, 0.717) is 5.69 Å². The lowest BCUT2D eigenvalue weighted by Gasteiger charge is -2.33. The maximum atomic E-state index is 12.7. The molecular weight excluding hydrogens is 376 g/mol. The van der Waals surface area contributed by atoms with Crippen molar-refractivity contribution in [3.8, 4) is 11.3 Å². The van der Waals surface area contributed by atoms with Crippen LogP contribution in [0.2, 0.25) is 0 Å². The second-order valence-electron chi connectivity index (χ2n) is 7.48. The van der Waals surface area contributed by atoms with Crippen molar-refractivity contribution in [2.45, 2.75) is 18.9 Å². The summed E-state index contributed by atoms with van der Waals surface area (Å²) in [7, 11) is 0. The number of aromatic amines is 1. The van der Waals surface area contributed by atoms with Crippen molar-refractivity contribution in [3.05, 3.63) is 72.7 Å². The summed E-state index contributed by atoms with van der Waals surface area (Å²) in [5.74, 6) is 0.849. The molecule has 7 heteroatoms. The smallest absolute Gasteiger partial charge is 0.269 e. The van der Waals surface area contributed by atoms with Gasteiger partial charge in [0.2, 0.25) is 0 Å². The highest BCUT2D eigenvalue weighted by Crippen LogP contribution is 2.25. The highest BCUT2D eigenvalue weighted by atomic mass is 16.2. The first-order chi connectivity index (χ1) is 14.8. The Labute approximate surface area is 174 Å². The van der Waals surface area contributed by atoms with E-state index in [1.807, 2.05) is 48.5 Å². The number of aromatic nitrogens is 4. The Morgan fingerprint density at radius 1 is 1.00 bits per heavy atom. The van der Waals surface area contributed by atoms with Gasteiger partial charge in [0.05, 0.1) is 11.2 Å². The highest BCUT2D eigenvalue weighted by Gasteiger charge is 2.23. The van der Waals surface area contributed by atoms with Gasteiger partial charge in [-0.15, -0.1) is 0 Å². The minimum atomic E-state index is -0.115. The molecule has 0 atom stereocenters. The van der Waals surface area contributed by atoms with Crippen LogP contribution in [0.3, 0.4) is 0 Å². The van der Waals surface area contributed by atoms with Crippen molar-refractivity contribution < 1.29 is 4.79 Å². The monoisotopic (exact) mass is 398 g/mol. The molecule has 0 aliphatic carbocycles. The van der Waals surface area contributed by atoms with Gasteiger partial charge in [-0.1, -0.05) is 42.5 Å². The number of amides is 1. The van der Waals surface area contributed by atoms with Gasteiger partial charge in [0.15, 0.2) is 0 Å². The third-order valence-electron chi connectivity index (χ3n) is 5.54. The number of piperidine rings is 1. The van der Waals surface area contributed by atoms with Gasteiger partial charge in [0.25, 0.3) is 5.91 Å². The quantitative estimate of drug-likeness (QED) is 0.550. The molecular formula is C23H22N6O. The number of anilines is 1. The minimum absolute atomic E-state index is 0.115. The van der Waals surface area contributed by atoms with Crippen LogP contribution in [-0.2, 0) is 0 Å². The average molecular weight is 398 g/mol. The molecule has 3 heterocycles. The van der Waals surface area contributed by atoms with Crippen molar-refractivity contribution in [1.29, 1.82) is 0 Å². The van der Waals surface area contributed by atoms with Crippen LogP contribution in [0.25, 0.3) is 22.2 Å². The summed E-state index contributed by atoms with van der Waals surface area (Å²) in [6.07, 6.45) is 3.35. The Bertz CT molecular complexity index is 1160. The van der Waals surface area contributed by atoms with Crippen LogP contribution in [0, 0.1) is 0 Å². The minimum Gasteiger partial charge on any atom is -0.356 e. The summed E-state index contributed by atoms with van der Waals surface area (Å²) < 4.78 is 0. The molecule has 7 nitrogen and oxygen atoms in total. The van der Waals surface area contributed by atoms with Crippen molar-refractivity contribution in [1.82, 2.24) is 25.5 Å². The van der Waals surface area contributed by atoms with Crippen molar-refractivity contribution in [2.75, 3.05) is 18.0 Å². The van der Waals surface area contributed by atoms with Crippen LogP contribution in [0.5, 0.6) is 0 Å². The van der Waals surface area contributed by atoms with Crippen LogP contribution in [-0.4, -0.2) is 45.2 Å². The maximum Gasteiger partial charge on any atom is 0.269 e. The molecule has 2 aromatic carbocycles. The third kappa shape index (κ3) is 3.61. The number of carbonyl (C=O) groups is 1. The molecule has 150 valence electrons. The molecule has 2 aromatic heterocycles. The topological polar surface area (TPSA) is 86.8 Å². The van der Waals surface area contributed by atoms with Crippen LogP contribution in [0.15, 0.2) is 67.0 Å². The third-order valence-corrected chi connectivity index (χ3v) is 5.54. The second-order valence-corrected chi connectivity index (χ2v) is 7.48. The molecule has 0 bridgehead atoms. The molecule has 1 fully saturated rings. The van der Waals surface area contributed by atoms with Crippen LogP contribution >= 0.6 is 0 Å². The average Bonchev–Trinajstić information content (AvgIpc) is 3.31. The number of para-hydroxylation sites is 1. The molecule has 0 unspecified atom stereocenters. The number of hydrogen-bond donors (Lipinski definition) is 2. The Morgan fingerprint density at radius 3 is 2.60 bits per heavy atom. The Balaban J connectivity index is 1.22. The summed E-state index contributed by atoms with van der Waals surface area (Å²) in [5, 5.41) is 11.3. The van der Waals surface area contributed by atoms with Gasteiger partial charge in [0.1, 0.15) is 17.8 Å². The van der Waals surface area contributed by atoms with Crippen LogP contribution < -0.4 is 10.2 Å². The van der Waals surface area contributed by atoms with Crippen molar-refractivity contribution in [2.24, 2.45) is 0 Å². The molecule has 5 rings (SSSR count). The van der Waals surface area contributed by atoms with E-state index in [9.17, 15) is 4.79 Å². The van der Waals surface area contributed by atoms with E-state index in [-0.39, 0.29) is 11.9 Å². The predicted octanol–water partition coefficient (Wildman–Crippen LogP) is 3.42. The van der Waals surface area contributed by atoms with Gasteiger partial charge in [-0.25, -0.2) is 9.97 Å². The molecule has 0 saturated carbocycles. The van der Waals surface area contributed by atoms with E-state index < -0.39 is 0 Å². The number of hydrogen-bond acceptors (Lipinski definition) is 5. The number of benzene rings is 2. The zero-order valence-electron chi connectivity index (χ0n) is 16.5. The fourth-order valence-electron chi connectivity index (χ4n) is 3.94. The van der Waals surface area contributed by atoms with Crippen molar-refractivity contribution in [3.63, 3.8) is 0 Å². The summed E-state index contributed by atoms with van der Waals surface area (Å²) in [4.78, 5) is 23.8. The number of H-pyrrole nitrogens is 1.